The lowest BCUT2D eigenvalue weighted by Gasteiger charge is -2.52. The zero-order valence-electron chi connectivity index (χ0n) is 20.0. The van der Waals surface area contributed by atoms with Crippen LogP contribution < -0.4 is 10.6 Å². The first kappa shape index (κ1) is 24.9. The number of rotatable bonds is 6. The number of amides is 2. The number of carbonyl (C=O) groups excluding carboxylic acids is 3. The molecule has 0 saturated heterocycles. The van der Waals surface area contributed by atoms with E-state index in [1.165, 1.54) is 37.0 Å². The molecule has 3 aromatic rings. The molecule has 0 radical (unpaired) electrons. The van der Waals surface area contributed by atoms with Crippen LogP contribution in [-0.4, -0.2) is 40.4 Å². The number of methoxy groups -OCH3 is 1. The monoisotopic (exact) mass is 526 g/mol. The molecule has 0 aliphatic heterocycles. The van der Waals surface area contributed by atoms with Crippen LogP contribution in [0.15, 0.2) is 42.0 Å². The molecule has 8 nitrogen and oxygen atoms in total. The van der Waals surface area contributed by atoms with Crippen molar-refractivity contribution in [2.45, 2.75) is 44.1 Å². The first-order chi connectivity index (χ1) is 17.8. The third-order valence-electron chi connectivity index (χ3n) is 7.47. The highest BCUT2D eigenvalue weighted by Gasteiger charge is 2.53. The van der Waals surface area contributed by atoms with Gasteiger partial charge in [-0.1, -0.05) is 6.07 Å². The van der Waals surface area contributed by atoms with Gasteiger partial charge in [0.15, 0.2) is 0 Å². The molecule has 3 aliphatic carbocycles. The summed E-state index contributed by atoms with van der Waals surface area (Å²) < 4.78 is 33.2. The molecule has 0 spiro atoms. The number of esters is 1. The van der Waals surface area contributed by atoms with Gasteiger partial charge in [-0.25, -0.2) is 13.8 Å². The van der Waals surface area contributed by atoms with Gasteiger partial charge in [0.05, 0.1) is 35.5 Å². The average Bonchev–Trinajstić information content (AvgIpc) is 3.39. The number of anilines is 1. The number of hydrogen-bond acceptors (Lipinski definition) is 7. The maximum Gasteiger partial charge on any atom is 0.311 e. The van der Waals surface area contributed by atoms with Crippen molar-refractivity contribution < 1.29 is 27.9 Å². The van der Waals surface area contributed by atoms with Crippen molar-refractivity contribution in [2.24, 2.45) is 5.41 Å². The molecular formula is C26H24F2N4O4S. The van der Waals surface area contributed by atoms with Crippen molar-refractivity contribution >= 4 is 34.8 Å². The molecule has 1 aromatic carbocycles. The fourth-order valence-electron chi connectivity index (χ4n) is 5.28. The van der Waals surface area contributed by atoms with Gasteiger partial charge in [-0.05, 0) is 56.7 Å². The van der Waals surface area contributed by atoms with Crippen molar-refractivity contribution in [1.82, 2.24) is 15.3 Å². The third kappa shape index (κ3) is 4.59. The minimum Gasteiger partial charge on any atom is -0.469 e. The molecule has 0 atom stereocenters. The van der Waals surface area contributed by atoms with Gasteiger partial charge >= 0.3 is 5.97 Å². The fourth-order valence-corrected chi connectivity index (χ4v) is 6.12. The van der Waals surface area contributed by atoms with Gasteiger partial charge in [0.2, 0.25) is 0 Å². The summed E-state index contributed by atoms with van der Waals surface area (Å²) in [6, 6.07) is 4.99. The summed E-state index contributed by atoms with van der Waals surface area (Å²) in [6.07, 6.45) is 6.74. The maximum absolute atomic E-state index is 14.1. The molecule has 37 heavy (non-hydrogen) atoms. The smallest absolute Gasteiger partial charge is 0.311 e. The van der Waals surface area contributed by atoms with Crippen LogP contribution >= 0.6 is 11.3 Å². The Balaban J connectivity index is 1.30. The second-order valence-corrected chi connectivity index (χ2v) is 10.4. The highest BCUT2D eigenvalue weighted by Crippen LogP contribution is 2.53. The first-order valence-corrected chi connectivity index (χ1v) is 12.7. The Labute approximate surface area is 215 Å². The molecule has 6 rings (SSSR count). The molecule has 192 valence electrons. The van der Waals surface area contributed by atoms with Gasteiger partial charge in [-0.3, -0.25) is 19.4 Å². The van der Waals surface area contributed by atoms with E-state index in [4.69, 9.17) is 4.74 Å². The Hall–Kier alpha value is -3.73. The van der Waals surface area contributed by atoms with Gasteiger partial charge in [0.1, 0.15) is 22.3 Å². The lowest BCUT2D eigenvalue weighted by atomic mass is 9.57. The molecule has 3 saturated carbocycles. The number of benzene rings is 1. The van der Waals surface area contributed by atoms with E-state index < -0.39 is 28.5 Å². The average molecular weight is 527 g/mol. The van der Waals surface area contributed by atoms with Crippen molar-refractivity contribution in [3.8, 4) is 10.6 Å². The number of ether oxygens (including phenoxy) is 1. The van der Waals surface area contributed by atoms with Gasteiger partial charge in [-0.2, -0.15) is 0 Å². The molecule has 3 aliphatic rings. The SMILES string of the molecule is COC(=O)C12CCC(NC(=O)c3ccncc3NC(=O)c3csc(-c4c(F)cccc4F)n3)(CC1)CC2. The summed E-state index contributed by atoms with van der Waals surface area (Å²) in [7, 11) is 1.40. The number of hydrogen-bond donors (Lipinski definition) is 2. The summed E-state index contributed by atoms with van der Waals surface area (Å²) in [6.45, 7) is 0. The minimum atomic E-state index is -0.777. The normalized spacial score (nSPS) is 22.4. The first-order valence-electron chi connectivity index (χ1n) is 11.8. The van der Waals surface area contributed by atoms with Crippen LogP contribution in [0.2, 0.25) is 0 Å². The molecule has 2 bridgehead atoms. The van der Waals surface area contributed by atoms with Crippen LogP contribution in [0.3, 0.4) is 0 Å². The second kappa shape index (κ2) is 9.62. The standard InChI is InChI=1S/C26H24F2N4O4S/c1-36-24(35)25-6-9-26(10-7-25,11-8-25)32-21(33)15-5-12-29-13-18(15)30-22(34)19-14-37-23(31-19)20-16(27)3-2-4-17(20)28/h2-5,12-14H,6-11H2,1H3,(H,30,34)(H,32,33). The predicted octanol–water partition coefficient (Wildman–Crippen LogP) is 4.73. The summed E-state index contributed by atoms with van der Waals surface area (Å²) >= 11 is 0.934. The predicted molar refractivity (Wildman–Crippen MR) is 132 cm³/mol. The van der Waals surface area contributed by atoms with Crippen LogP contribution in [0.5, 0.6) is 0 Å². The van der Waals surface area contributed by atoms with Crippen LogP contribution in [0, 0.1) is 17.0 Å². The zero-order chi connectivity index (χ0) is 26.2. The maximum atomic E-state index is 14.1. The Morgan fingerprint density at radius 1 is 1.00 bits per heavy atom. The molecule has 2 N–H and O–H groups in total. The number of pyridine rings is 1. The molecule has 2 heterocycles. The van der Waals surface area contributed by atoms with Gasteiger partial charge in [0.25, 0.3) is 11.8 Å². The number of thiazole rings is 1. The quantitative estimate of drug-likeness (QED) is 0.450. The van der Waals surface area contributed by atoms with E-state index in [0.717, 1.165) is 23.5 Å². The Morgan fingerprint density at radius 2 is 1.68 bits per heavy atom. The topological polar surface area (TPSA) is 110 Å². The Morgan fingerprint density at radius 3 is 2.32 bits per heavy atom. The van der Waals surface area contributed by atoms with E-state index in [1.807, 2.05) is 0 Å². The zero-order valence-corrected chi connectivity index (χ0v) is 20.8. The van der Waals surface area contributed by atoms with Gasteiger partial charge < -0.3 is 15.4 Å². The van der Waals surface area contributed by atoms with Gasteiger partial charge in [-0.15, -0.1) is 11.3 Å². The Kier molecular flexibility index (Phi) is 6.49. The van der Waals surface area contributed by atoms with Crippen molar-refractivity contribution in [1.29, 1.82) is 0 Å². The molecule has 0 unspecified atom stereocenters. The fraction of sp³-hybridized carbons (Fsp3) is 0.346. The number of nitrogens with one attached hydrogen (secondary N) is 2. The summed E-state index contributed by atoms with van der Waals surface area (Å²) in [5.74, 6) is -2.74. The van der Waals surface area contributed by atoms with E-state index in [1.54, 1.807) is 0 Å². The largest absolute Gasteiger partial charge is 0.469 e. The summed E-state index contributed by atoms with van der Waals surface area (Å²) in [4.78, 5) is 46.6. The van der Waals surface area contributed by atoms with Crippen molar-refractivity contribution in [3.63, 3.8) is 0 Å². The molecule has 2 aromatic heterocycles. The van der Waals surface area contributed by atoms with Gasteiger partial charge in [0, 0.05) is 17.1 Å². The minimum absolute atomic E-state index is 0.0293. The molecular weight excluding hydrogens is 502 g/mol. The van der Waals surface area contributed by atoms with Crippen molar-refractivity contribution in [3.05, 3.63) is 64.9 Å². The van der Waals surface area contributed by atoms with E-state index in [9.17, 15) is 23.2 Å². The van der Waals surface area contributed by atoms with E-state index in [0.29, 0.717) is 38.5 Å². The van der Waals surface area contributed by atoms with E-state index in [-0.39, 0.29) is 39.4 Å². The van der Waals surface area contributed by atoms with E-state index in [2.05, 4.69) is 20.6 Å². The Bertz CT molecular complexity index is 1350. The van der Waals surface area contributed by atoms with Crippen LogP contribution in [0.4, 0.5) is 14.5 Å². The number of aromatic nitrogens is 2. The van der Waals surface area contributed by atoms with Crippen LogP contribution in [-0.2, 0) is 9.53 Å². The highest BCUT2D eigenvalue weighted by molar-refractivity contribution is 7.13. The summed E-state index contributed by atoms with van der Waals surface area (Å²) in [5.41, 5.74) is -0.828. The lowest BCUT2D eigenvalue weighted by Crippen LogP contribution is -2.58. The highest BCUT2D eigenvalue weighted by atomic mass is 32.1. The molecule has 2 amide bonds. The number of carbonyl (C=O) groups is 3. The number of halogens is 2. The molecule has 11 heteroatoms. The number of nitrogens with zero attached hydrogens (tertiary/aromatic N) is 2. The van der Waals surface area contributed by atoms with Crippen LogP contribution in [0.25, 0.3) is 10.6 Å². The molecule has 3 fully saturated rings. The van der Waals surface area contributed by atoms with E-state index >= 15 is 0 Å². The van der Waals surface area contributed by atoms with Crippen LogP contribution in [0.1, 0.15) is 59.4 Å². The summed E-state index contributed by atoms with van der Waals surface area (Å²) in [5, 5.41) is 7.20. The lowest BCUT2D eigenvalue weighted by molar-refractivity contribution is -0.160. The van der Waals surface area contributed by atoms with Crippen molar-refractivity contribution in [2.75, 3.05) is 12.4 Å². The second-order valence-electron chi connectivity index (χ2n) is 9.52. The number of fused-ring (bicyclic) bond motifs is 3. The third-order valence-corrected chi connectivity index (χ3v) is 8.33.